The van der Waals surface area contributed by atoms with E-state index in [1.54, 1.807) is 12.2 Å². The number of aliphatic hydroxyl groups is 3. The molecule has 0 aromatic carbocycles. The molecule has 8 bridgehead atoms. The fourth-order valence-electron chi connectivity index (χ4n) is 7.88. The molecule has 0 fully saturated rings. The minimum atomic E-state index is -0.738. The van der Waals surface area contributed by atoms with Crippen LogP contribution in [0.2, 0.25) is 0 Å². The highest BCUT2D eigenvalue weighted by molar-refractivity contribution is 6.00. The molecule has 55 heavy (non-hydrogen) atoms. The third-order valence-corrected chi connectivity index (χ3v) is 11.2. The molecule has 6 rings (SSSR count). The molecule has 0 spiro atoms. The highest BCUT2D eigenvalue weighted by atomic mass is 16.5. The fourth-order valence-corrected chi connectivity index (χ4v) is 7.88. The van der Waals surface area contributed by atoms with Gasteiger partial charge in [-0.3, -0.25) is 19.4 Å². The second-order valence-corrected chi connectivity index (χ2v) is 14.3. The molecular formula is C43H48N4O8. The first kappa shape index (κ1) is 39.3. The molecule has 0 saturated carbocycles. The lowest BCUT2D eigenvalue weighted by atomic mass is 9.64. The first-order chi connectivity index (χ1) is 26.4. The molecule has 0 amide bonds. The van der Waals surface area contributed by atoms with Gasteiger partial charge in [0.15, 0.2) is 5.78 Å². The largest absolute Gasteiger partial charge is 0.463 e. The van der Waals surface area contributed by atoms with Gasteiger partial charge in [0.2, 0.25) is 0 Å². The van der Waals surface area contributed by atoms with E-state index < -0.39 is 24.0 Å². The van der Waals surface area contributed by atoms with Crippen LogP contribution in [0.25, 0.3) is 44.9 Å². The number of carbonyl (C=O) groups is 3. The Morgan fingerprint density at radius 2 is 1.44 bits per heavy atom. The average molecular weight is 749 g/mol. The number of hydrogen-bond donors (Lipinski definition) is 5. The zero-order valence-corrected chi connectivity index (χ0v) is 32.0. The zero-order valence-electron chi connectivity index (χ0n) is 32.0. The SMILES string of the molecule is C=Cc1c(C)c2cc3nc(cc4[nH]c(cc5nc(cc1[nH]2)C(C)=C5CCC(=O)OCCO)c(CCC(=O)OCCO)c4C)[C@@]1(C)C3=CC=C(C(=O)CO)[C@H]1C. The Kier molecular flexibility index (Phi) is 11.5. The van der Waals surface area contributed by atoms with Crippen LogP contribution in [0.1, 0.15) is 85.1 Å². The standard InChI is InChI=1S/C43H48N4O8/c1-7-27-23(2)33-19-38-31-11-8-30(39(51)22-50)26(5)43(31,6)40(47-38)21-34-25(4)29(10-13-42(53)55-17-15-49)37(46-34)20-36-28(9-12-41(52)54-16-14-48)24(3)32(45-36)18-35(27)44-33/h7-8,11,18-21,26,44,46,48-50H,1,9-10,12-17,22H2,2-6H3/t26-,43-/m1/s1. The summed E-state index contributed by atoms with van der Waals surface area (Å²) in [6.07, 6.45) is 6.34. The predicted octanol–water partition coefficient (Wildman–Crippen LogP) is 5.77. The molecule has 0 unspecified atom stereocenters. The van der Waals surface area contributed by atoms with E-state index in [0.29, 0.717) is 35.3 Å². The number of nitrogens with one attached hydrogen (secondary N) is 2. The summed E-state index contributed by atoms with van der Waals surface area (Å²) in [6.45, 7) is 12.8. The van der Waals surface area contributed by atoms with Gasteiger partial charge in [-0.2, -0.15) is 0 Å². The van der Waals surface area contributed by atoms with Gasteiger partial charge in [0.05, 0.1) is 36.0 Å². The molecule has 12 nitrogen and oxygen atoms in total. The summed E-state index contributed by atoms with van der Waals surface area (Å²) in [5.41, 5.74) is 12.0. The van der Waals surface area contributed by atoms with E-state index in [9.17, 15) is 24.6 Å². The number of ether oxygens (including phenoxy) is 2. The fraction of sp³-hybridized carbons (Fsp3) is 0.372. The number of aliphatic hydroxyl groups excluding tert-OH is 3. The number of Topliss-reactive ketones (excluding diaryl/α,β-unsaturated/α-hetero) is 1. The van der Waals surface area contributed by atoms with E-state index >= 15 is 0 Å². The van der Waals surface area contributed by atoms with Gasteiger partial charge in [-0.25, -0.2) is 4.98 Å². The molecule has 3 aliphatic rings. The van der Waals surface area contributed by atoms with E-state index in [2.05, 4.69) is 23.5 Å². The Balaban J connectivity index is 1.67. The van der Waals surface area contributed by atoms with Crippen molar-refractivity contribution in [3.63, 3.8) is 0 Å². The lowest BCUT2D eigenvalue weighted by Crippen LogP contribution is -2.35. The van der Waals surface area contributed by atoms with Gasteiger partial charge in [0, 0.05) is 51.5 Å². The van der Waals surface area contributed by atoms with Crippen LogP contribution in [0.4, 0.5) is 0 Å². The van der Waals surface area contributed by atoms with E-state index in [1.165, 1.54) is 0 Å². The van der Waals surface area contributed by atoms with E-state index in [-0.39, 0.29) is 51.0 Å². The van der Waals surface area contributed by atoms with Gasteiger partial charge in [0.25, 0.3) is 0 Å². The van der Waals surface area contributed by atoms with Crippen molar-refractivity contribution >= 4 is 62.6 Å². The Labute approximate surface area is 319 Å². The van der Waals surface area contributed by atoms with Crippen molar-refractivity contribution in [2.75, 3.05) is 33.0 Å². The van der Waals surface area contributed by atoms with Gasteiger partial charge in [0.1, 0.15) is 19.8 Å². The van der Waals surface area contributed by atoms with E-state index in [4.69, 9.17) is 24.5 Å². The molecule has 5 N–H and O–H groups in total. The second kappa shape index (κ2) is 16.1. The van der Waals surface area contributed by atoms with Gasteiger partial charge in [-0.05, 0) is 104 Å². The number of rotatable bonds is 13. The van der Waals surface area contributed by atoms with Crippen LogP contribution in [-0.4, -0.2) is 86.0 Å². The normalized spacial score (nSPS) is 17.7. The maximum atomic E-state index is 13.0. The Hall–Kier alpha value is -5.43. The number of ketones is 1. The summed E-state index contributed by atoms with van der Waals surface area (Å²) in [5, 5.41) is 28.2. The monoisotopic (exact) mass is 748 g/mol. The maximum absolute atomic E-state index is 13.0. The topological polar surface area (TPSA) is 188 Å². The Morgan fingerprint density at radius 3 is 2.09 bits per heavy atom. The molecule has 3 aromatic heterocycles. The minimum Gasteiger partial charge on any atom is -0.463 e. The number of allylic oxidation sites excluding steroid dienone is 5. The first-order valence-electron chi connectivity index (χ1n) is 18.5. The van der Waals surface area contributed by atoms with Gasteiger partial charge < -0.3 is 34.8 Å². The maximum Gasteiger partial charge on any atom is 0.306 e. The molecule has 0 radical (unpaired) electrons. The highest BCUT2D eigenvalue weighted by Crippen LogP contribution is 2.51. The van der Waals surface area contributed by atoms with Crippen LogP contribution in [0.3, 0.4) is 0 Å². The number of aryl methyl sites for hydroxylation is 3. The second-order valence-electron chi connectivity index (χ2n) is 14.3. The number of aromatic nitrogens is 4. The summed E-state index contributed by atoms with van der Waals surface area (Å²) < 4.78 is 10.3. The van der Waals surface area contributed by atoms with E-state index in [1.807, 2.05) is 58.0 Å². The van der Waals surface area contributed by atoms with Gasteiger partial charge in [-0.15, -0.1) is 0 Å². The number of esters is 2. The number of hydrogen-bond acceptors (Lipinski definition) is 10. The average Bonchev–Trinajstić information content (AvgIpc) is 3.83. The van der Waals surface area contributed by atoms with Crippen molar-refractivity contribution in [1.29, 1.82) is 0 Å². The van der Waals surface area contributed by atoms with Crippen LogP contribution in [0.15, 0.2) is 48.6 Å². The van der Waals surface area contributed by atoms with Crippen molar-refractivity contribution in [1.82, 2.24) is 19.9 Å². The molecule has 3 aromatic rings. The molecular weight excluding hydrogens is 700 g/mol. The number of aromatic amines is 2. The van der Waals surface area contributed by atoms with Crippen molar-refractivity contribution in [2.45, 2.75) is 65.7 Å². The summed E-state index contributed by atoms with van der Waals surface area (Å²) in [6, 6.07) is 7.91. The van der Waals surface area contributed by atoms with Crippen LogP contribution >= 0.6 is 0 Å². The summed E-state index contributed by atoms with van der Waals surface area (Å²) in [5.74, 6) is -1.53. The summed E-state index contributed by atoms with van der Waals surface area (Å²) in [4.78, 5) is 55.7. The van der Waals surface area contributed by atoms with Gasteiger partial charge in [-0.1, -0.05) is 31.7 Å². The van der Waals surface area contributed by atoms with Crippen molar-refractivity contribution in [3.05, 3.63) is 93.6 Å². The highest BCUT2D eigenvalue weighted by Gasteiger charge is 2.47. The predicted molar refractivity (Wildman–Crippen MR) is 211 cm³/mol. The Morgan fingerprint density at radius 1 is 0.818 bits per heavy atom. The van der Waals surface area contributed by atoms with Crippen LogP contribution in [0, 0.1) is 19.8 Å². The smallest absolute Gasteiger partial charge is 0.306 e. The number of fused-ring (bicyclic) bond motifs is 11. The Bertz CT molecular complexity index is 2340. The van der Waals surface area contributed by atoms with Crippen molar-refractivity contribution in [2.24, 2.45) is 5.92 Å². The molecule has 12 heteroatoms. The summed E-state index contributed by atoms with van der Waals surface area (Å²) >= 11 is 0. The van der Waals surface area contributed by atoms with Gasteiger partial charge >= 0.3 is 11.9 Å². The quantitative estimate of drug-likeness (QED) is 0.134. The van der Waals surface area contributed by atoms with Crippen LogP contribution < -0.4 is 0 Å². The molecule has 1 aliphatic carbocycles. The third kappa shape index (κ3) is 7.37. The van der Waals surface area contributed by atoms with Crippen molar-refractivity contribution < 1.29 is 39.2 Å². The van der Waals surface area contributed by atoms with Crippen LogP contribution in [-0.2, 0) is 35.7 Å². The van der Waals surface area contributed by atoms with Crippen LogP contribution in [0.5, 0.6) is 0 Å². The third-order valence-electron chi connectivity index (χ3n) is 11.2. The van der Waals surface area contributed by atoms with E-state index in [0.717, 1.165) is 66.9 Å². The lowest BCUT2D eigenvalue weighted by Gasteiger charge is -2.36. The molecule has 0 saturated heterocycles. The summed E-state index contributed by atoms with van der Waals surface area (Å²) in [7, 11) is 0. The molecule has 2 aliphatic heterocycles. The molecule has 2 atom stereocenters. The first-order valence-corrected chi connectivity index (χ1v) is 18.5. The lowest BCUT2D eigenvalue weighted by molar-refractivity contribution is -0.145. The molecule has 5 heterocycles. The van der Waals surface area contributed by atoms with Crippen molar-refractivity contribution in [3.8, 4) is 0 Å². The number of H-pyrrole nitrogens is 2. The number of nitrogens with zero attached hydrogens (tertiary/aromatic N) is 2. The zero-order chi connectivity index (χ0) is 39.6. The molecule has 288 valence electrons. The minimum absolute atomic E-state index is 0.0700. The number of carbonyl (C=O) groups excluding carboxylic acids is 3.